The number of carbonyl (C=O) groups is 3. The highest BCUT2D eigenvalue weighted by molar-refractivity contribution is 8.00. The zero-order chi connectivity index (χ0) is 19.3. The minimum absolute atomic E-state index is 0.0153. The number of piperidine rings is 1. The minimum Gasteiger partial charge on any atom is -0.481 e. The van der Waals surface area contributed by atoms with Gasteiger partial charge in [0.25, 0.3) is 0 Å². The Bertz CT molecular complexity index is 692. The number of rotatable bonds is 6. The third-order valence-electron chi connectivity index (χ3n) is 4.60. The Balaban J connectivity index is 1.84. The molecular weight excluding hydrogens is 352 g/mol. The topological polar surface area (TPSA) is 77.9 Å². The molecule has 2 amide bonds. The molecule has 6 nitrogen and oxygen atoms in total. The Morgan fingerprint density at radius 1 is 1.31 bits per heavy atom. The molecule has 1 saturated heterocycles. The summed E-state index contributed by atoms with van der Waals surface area (Å²) in [6, 6.07) is 6.10. The van der Waals surface area contributed by atoms with Gasteiger partial charge in [0.1, 0.15) is 0 Å². The van der Waals surface area contributed by atoms with Crippen molar-refractivity contribution in [3.8, 4) is 0 Å². The summed E-state index contributed by atoms with van der Waals surface area (Å²) in [5, 5.41) is 9.12. The van der Waals surface area contributed by atoms with Gasteiger partial charge in [-0.1, -0.05) is 17.7 Å². The number of thioether (sulfide) groups is 1. The maximum atomic E-state index is 12.4. The molecule has 1 fully saturated rings. The predicted molar refractivity (Wildman–Crippen MR) is 101 cm³/mol. The first-order valence-corrected chi connectivity index (χ1v) is 9.71. The van der Waals surface area contributed by atoms with Gasteiger partial charge in [0, 0.05) is 25.0 Å². The summed E-state index contributed by atoms with van der Waals surface area (Å²) in [5.41, 5.74) is 2.32. The number of likely N-dealkylation sites (N-methyl/N-ethyl adjacent to an activating group) is 1. The number of benzene rings is 1. The van der Waals surface area contributed by atoms with Gasteiger partial charge in [0.2, 0.25) is 11.8 Å². The summed E-state index contributed by atoms with van der Waals surface area (Å²) in [4.78, 5) is 39.9. The van der Waals surface area contributed by atoms with Crippen LogP contribution >= 0.6 is 11.8 Å². The van der Waals surface area contributed by atoms with Crippen LogP contribution in [-0.4, -0.2) is 65.1 Å². The summed E-state index contributed by atoms with van der Waals surface area (Å²) >= 11 is 1.47. The second-order valence-electron chi connectivity index (χ2n) is 6.82. The Morgan fingerprint density at radius 2 is 2.04 bits per heavy atom. The molecule has 1 aromatic rings. The zero-order valence-electron chi connectivity index (χ0n) is 15.5. The molecule has 1 unspecified atom stereocenters. The third kappa shape index (κ3) is 5.49. The van der Waals surface area contributed by atoms with Crippen molar-refractivity contribution in [2.24, 2.45) is 5.92 Å². The smallest absolute Gasteiger partial charge is 0.308 e. The molecule has 26 heavy (non-hydrogen) atoms. The molecule has 1 aliphatic heterocycles. The Kier molecular flexibility index (Phi) is 7.08. The maximum Gasteiger partial charge on any atom is 0.308 e. The van der Waals surface area contributed by atoms with Crippen molar-refractivity contribution in [2.75, 3.05) is 32.4 Å². The molecule has 0 aliphatic carbocycles. The summed E-state index contributed by atoms with van der Waals surface area (Å²) in [6.45, 7) is 4.82. The van der Waals surface area contributed by atoms with Crippen LogP contribution in [0.15, 0.2) is 23.1 Å². The number of hydrogen-bond acceptors (Lipinski definition) is 4. The largest absolute Gasteiger partial charge is 0.481 e. The zero-order valence-corrected chi connectivity index (χ0v) is 16.3. The minimum atomic E-state index is -0.864. The number of carbonyl (C=O) groups excluding carboxylic acids is 2. The Labute approximate surface area is 158 Å². The monoisotopic (exact) mass is 378 g/mol. The molecule has 7 heteroatoms. The van der Waals surface area contributed by atoms with Gasteiger partial charge in [0.15, 0.2) is 0 Å². The lowest BCUT2D eigenvalue weighted by Crippen LogP contribution is -2.47. The number of likely N-dealkylation sites (tertiary alicyclic amines) is 1. The van der Waals surface area contributed by atoms with E-state index in [-0.39, 0.29) is 30.7 Å². The SMILES string of the molecule is Cc1ccc(SCC(=O)N(C)CC(=O)N2CCCC(C(=O)O)C2)c(C)c1. The fourth-order valence-electron chi connectivity index (χ4n) is 3.01. The van der Waals surface area contributed by atoms with Crippen molar-refractivity contribution < 1.29 is 19.5 Å². The number of nitrogens with zero attached hydrogens (tertiary/aromatic N) is 2. The fourth-order valence-corrected chi connectivity index (χ4v) is 3.96. The van der Waals surface area contributed by atoms with Crippen LogP contribution in [0.3, 0.4) is 0 Å². The molecule has 0 spiro atoms. The lowest BCUT2D eigenvalue weighted by Gasteiger charge is -2.32. The van der Waals surface area contributed by atoms with E-state index in [9.17, 15) is 14.4 Å². The molecule has 1 atom stereocenters. The van der Waals surface area contributed by atoms with Gasteiger partial charge in [0.05, 0.1) is 18.2 Å². The van der Waals surface area contributed by atoms with E-state index >= 15 is 0 Å². The van der Waals surface area contributed by atoms with Gasteiger partial charge in [-0.05, 0) is 38.3 Å². The first-order chi connectivity index (χ1) is 12.3. The van der Waals surface area contributed by atoms with Crippen molar-refractivity contribution in [2.45, 2.75) is 31.6 Å². The molecule has 0 saturated carbocycles. The van der Waals surface area contributed by atoms with Crippen molar-refractivity contribution in [1.82, 2.24) is 9.80 Å². The van der Waals surface area contributed by atoms with Gasteiger partial charge in [-0.15, -0.1) is 11.8 Å². The van der Waals surface area contributed by atoms with Crippen LogP contribution in [0.2, 0.25) is 0 Å². The summed E-state index contributed by atoms with van der Waals surface area (Å²) in [7, 11) is 1.61. The molecule has 0 radical (unpaired) electrons. The molecule has 1 heterocycles. The molecule has 0 bridgehead atoms. The standard InChI is InChI=1S/C19H26N2O4S/c1-13-6-7-16(14(2)9-13)26-12-18(23)20(3)11-17(22)21-8-4-5-15(10-21)19(24)25/h6-7,9,15H,4-5,8,10-12H2,1-3H3,(H,24,25). The molecular formula is C19H26N2O4S. The van der Waals surface area contributed by atoms with Crippen LogP contribution in [0.4, 0.5) is 0 Å². The molecule has 2 rings (SSSR count). The first kappa shape index (κ1) is 20.3. The van der Waals surface area contributed by atoms with Crippen LogP contribution in [0.25, 0.3) is 0 Å². The fraction of sp³-hybridized carbons (Fsp3) is 0.526. The van der Waals surface area contributed by atoms with E-state index in [1.807, 2.05) is 26.0 Å². The van der Waals surface area contributed by atoms with Crippen LogP contribution in [0.5, 0.6) is 0 Å². The van der Waals surface area contributed by atoms with E-state index in [2.05, 4.69) is 6.07 Å². The Morgan fingerprint density at radius 3 is 2.69 bits per heavy atom. The highest BCUT2D eigenvalue weighted by atomic mass is 32.2. The number of carboxylic acids is 1. The van der Waals surface area contributed by atoms with E-state index in [1.54, 1.807) is 11.9 Å². The van der Waals surface area contributed by atoms with Gasteiger partial charge < -0.3 is 14.9 Å². The van der Waals surface area contributed by atoms with Crippen LogP contribution in [0.1, 0.15) is 24.0 Å². The van der Waals surface area contributed by atoms with Gasteiger partial charge in [-0.3, -0.25) is 14.4 Å². The molecule has 142 valence electrons. The van der Waals surface area contributed by atoms with Gasteiger partial charge in [-0.2, -0.15) is 0 Å². The summed E-state index contributed by atoms with van der Waals surface area (Å²) in [5.74, 6) is -1.41. The highest BCUT2D eigenvalue weighted by Gasteiger charge is 2.28. The van der Waals surface area contributed by atoms with Crippen molar-refractivity contribution in [1.29, 1.82) is 0 Å². The van der Waals surface area contributed by atoms with Gasteiger partial charge in [-0.25, -0.2) is 0 Å². The number of aryl methyl sites for hydroxylation is 2. The maximum absolute atomic E-state index is 12.4. The lowest BCUT2D eigenvalue weighted by atomic mass is 9.98. The van der Waals surface area contributed by atoms with E-state index in [0.717, 1.165) is 10.5 Å². The van der Waals surface area contributed by atoms with Crippen LogP contribution < -0.4 is 0 Å². The molecule has 0 aromatic heterocycles. The van der Waals surface area contributed by atoms with Crippen molar-refractivity contribution in [3.63, 3.8) is 0 Å². The second-order valence-corrected chi connectivity index (χ2v) is 7.84. The van der Waals surface area contributed by atoms with E-state index in [1.165, 1.54) is 22.2 Å². The van der Waals surface area contributed by atoms with E-state index in [4.69, 9.17) is 5.11 Å². The normalized spacial score (nSPS) is 17.0. The number of carboxylic acid groups (broad SMARTS) is 1. The van der Waals surface area contributed by atoms with E-state index < -0.39 is 11.9 Å². The van der Waals surface area contributed by atoms with Crippen LogP contribution in [0, 0.1) is 19.8 Å². The second kappa shape index (κ2) is 9.07. The Hall–Kier alpha value is -2.02. The summed E-state index contributed by atoms with van der Waals surface area (Å²) < 4.78 is 0. The van der Waals surface area contributed by atoms with Gasteiger partial charge >= 0.3 is 5.97 Å². The number of amides is 2. The first-order valence-electron chi connectivity index (χ1n) is 8.72. The average molecular weight is 378 g/mol. The highest BCUT2D eigenvalue weighted by Crippen LogP contribution is 2.23. The quantitative estimate of drug-likeness (QED) is 0.768. The molecule has 1 aliphatic rings. The van der Waals surface area contributed by atoms with Crippen molar-refractivity contribution >= 4 is 29.5 Å². The van der Waals surface area contributed by atoms with Crippen LogP contribution in [-0.2, 0) is 14.4 Å². The third-order valence-corrected chi connectivity index (χ3v) is 5.76. The number of aliphatic carboxylic acids is 1. The lowest BCUT2D eigenvalue weighted by molar-refractivity contribution is -0.147. The van der Waals surface area contributed by atoms with Crippen molar-refractivity contribution in [3.05, 3.63) is 29.3 Å². The number of hydrogen-bond donors (Lipinski definition) is 1. The summed E-state index contributed by atoms with van der Waals surface area (Å²) in [6.07, 6.45) is 1.28. The molecule has 1 N–H and O–H groups in total. The predicted octanol–water partition coefficient (Wildman–Crippen LogP) is 2.18. The average Bonchev–Trinajstić information content (AvgIpc) is 2.60. The molecule has 1 aromatic carbocycles. The van der Waals surface area contributed by atoms with E-state index in [0.29, 0.717) is 19.4 Å².